The number of nitrogens with one attached hydrogen (secondary N) is 2. The van der Waals surface area contributed by atoms with Crippen LogP contribution in [-0.4, -0.2) is 36.2 Å². The molecule has 3 rings (SSSR count). The number of carbonyl (C=O) groups excluding carboxylic acids is 2. The van der Waals surface area contributed by atoms with Crippen LogP contribution in [0, 0.1) is 10.5 Å². The fourth-order valence-corrected chi connectivity index (χ4v) is 3.54. The number of benzene rings is 2. The minimum Gasteiger partial charge on any atom is -0.484 e. The molecule has 2 amide bonds. The Morgan fingerprint density at radius 1 is 1.19 bits per heavy atom. The summed E-state index contributed by atoms with van der Waals surface area (Å²) < 4.78 is 11.6. The third-order valence-corrected chi connectivity index (χ3v) is 5.15. The fraction of sp³-hybridized carbons (Fsp3) is 0.227. The van der Waals surface area contributed by atoms with Crippen LogP contribution in [0.1, 0.15) is 11.1 Å². The molecule has 1 heterocycles. The lowest BCUT2D eigenvalue weighted by atomic mass is 10.1. The lowest BCUT2D eigenvalue weighted by molar-refractivity contribution is -0.131. The maximum Gasteiger partial charge on any atom is 0.336 e. The van der Waals surface area contributed by atoms with Gasteiger partial charge in [-0.05, 0) is 64.9 Å². The summed E-state index contributed by atoms with van der Waals surface area (Å²) in [7, 11) is 0. The van der Waals surface area contributed by atoms with E-state index in [9.17, 15) is 19.5 Å². The van der Waals surface area contributed by atoms with Crippen LogP contribution in [0.5, 0.6) is 5.75 Å². The van der Waals surface area contributed by atoms with Gasteiger partial charge in [-0.25, -0.2) is 4.79 Å². The van der Waals surface area contributed by atoms with Gasteiger partial charge in [0.2, 0.25) is 5.91 Å². The SMILES string of the molecule is Cc1cc(=O)oc2cc(OCC(=O)NC(CO)C(=O)NCc3cccc(I)c3)ccc12. The van der Waals surface area contributed by atoms with Gasteiger partial charge in [0.25, 0.3) is 5.91 Å². The zero-order valence-electron chi connectivity index (χ0n) is 16.7. The molecule has 2 aromatic carbocycles. The van der Waals surface area contributed by atoms with Gasteiger partial charge in [-0.1, -0.05) is 12.1 Å². The summed E-state index contributed by atoms with van der Waals surface area (Å²) in [5.41, 5.74) is 1.57. The number of fused-ring (bicyclic) bond motifs is 1. The van der Waals surface area contributed by atoms with Gasteiger partial charge in [0.05, 0.1) is 6.61 Å². The first kappa shape index (κ1) is 22.8. The standard InChI is InChI=1S/C22H21IN2O6/c1-13-7-21(28)31-19-9-16(5-6-17(13)19)30-12-20(27)25-18(11-26)22(29)24-10-14-3-2-4-15(23)8-14/h2-9,18,26H,10-12H2,1H3,(H,24,29)(H,25,27). The van der Waals surface area contributed by atoms with E-state index in [1.807, 2.05) is 24.3 Å². The number of aryl methyl sites for hydroxylation is 1. The molecular weight excluding hydrogens is 515 g/mol. The number of rotatable bonds is 8. The van der Waals surface area contributed by atoms with Crippen molar-refractivity contribution in [3.8, 4) is 5.75 Å². The van der Waals surface area contributed by atoms with Crippen molar-refractivity contribution in [2.24, 2.45) is 0 Å². The molecular formula is C22H21IN2O6. The van der Waals surface area contributed by atoms with Crippen LogP contribution >= 0.6 is 22.6 Å². The van der Waals surface area contributed by atoms with Crippen molar-refractivity contribution < 1.29 is 23.8 Å². The molecule has 1 unspecified atom stereocenters. The van der Waals surface area contributed by atoms with Gasteiger partial charge in [0.15, 0.2) is 6.61 Å². The van der Waals surface area contributed by atoms with Crippen molar-refractivity contribution in [2.75, 3.05) is 13.2 Å². The lowest BCUT2D eigenvalue weighted by Gasteiger charge is -2.16. The Bertz CT molecular complexity index is 1160. The Morgan fingerprint density at radius 2 is 2.00 bits per heavy atom. The van der Waals surface area contributed by atoms with E-state index in [0.29, 0.717) is 11.3 Å². The number of hydrogen-bond donors (Lipinski definition) is 3. The molecule has 1 aromatic heterocycles. The van der Waals surface area contributed by atoms with Gasteiger partial charge in [-0.2, -0.15) is 0 Å². The third kappa shape index (κ3) is 6.28. The fourth-order valence-electron chi connectivity index (χ4n) is 2.93. The molecule has 3 N–H and O–H groups in total. The molecule has 0 spiro atoms. The molecule has 9 heteroatoms. The monoisotopic (exact) mass is 536 g/mol. The smallest absolute Gasteiger partial charge is 0.336 e. The second-order valence-electron chi connectivity index (χ2n) is 6.85. The van der Waals surface area contributed by atoms with Crippen molar-refractivity contribution in [1.29, 1.82) is 0 Å². The molecule has 0 bridgehead atoms. The highest BCUT2D eigenvalue weighted by Crippen LogP contribution is 2.22. The number of hydrogen-bond acceptors (Lipinski definition) is 6. The van der Waals surface area contributed by atoms with Gasteiger partial charge < -0.3 is 24.9 Å². The highest BCUT2D eigenvalue weighted by molar-refractivity contribution is 14.1. The Hall–Kier alpha value is -2.92. The summed E-state index contributed by atoms with van der Waals surface area (Å²) in [6.45, 7) is 1.15. The quantitative estimate of drug-likeness (QED) is 0.299. The number of amides is 2. The molecule has 8 nitrogen and oxygen atoms in total. The van der Waals surface area contributed by atoms with Crippen LogP contribution in [0.4, 0.5) is 0 Å². The van der Waals surface area contributed by atoms with E-state index < -0.39 is 30.1 Å². The van der Waals surface area contributed by atoms with Gasteiger partial charge in [-0.15, -0.1) is 0 Å². The van der Waals surface area contributed by atoms with Crippen LogP contribution in [-0.2, 0) is 16.1 Å². The molecule has 162 valence electrons. The lowest BCUT2D eigenvalue weighted by Crippen LogP contribution is -2.49. The van der Waals surface area contributed by atoms with Gasteiger partial charge in [-0.3, -0.25) is 9.59 Å². The zero-order chi connectivity index (χ0) is 22.4. The minimum absolute atomic E-state index is 0.278. The van der Waals surface area contributed by atoms with Crippen molar-refractivity contribution in [3.63, 3.8) is 0 Å². The van der Waals surface area contributed by atoms with Crippen molar-refractivity contribution in [2.45, 2.75) is 19.5 Å². The highest BCUT2D eigenvalue weighted by atomic mass is 127. The number of carbonyl (C=O) groups is 2. The topological polar surface area (TPSA) is 118 Å². The average Bonchev–Trinajstić information content (AvgIpc) is 2.74. The van der Waals surface area contributed by atoms with Crippen LogP contribution in [0.15, 0.2) is 57.7 Å². The third-order valence-electron chi connectivity index (χ3n) is 4.48. The molecule has 1 atom stereocenters. The Labute approximate surface area is 191 Å². The van der Waals surface area contributed by atoms with Crippen LogP contribution in [0.2, 0.25) is 0 Å². The van der Waals surface area contributed by atoms with Crippen LogP contribution in [0.25, 0.3) is 11.0 Å². The van der Waals surface area contributed by atoms with E-state index in [1.165, 1.54) is 12.1 Å². The number of aliphatic hydroxyl groups is 1. The molecule has 0 saturated carbocycles. The molecule has 0 saturated heterocycles. The highest BCUT2D eigenvalue weighted by Gasteiger charge is 2.20. The summed E-state index contributed by atoms with van der Waals surface area (Å²) in [4.78, 5) is 36.0. The normalized spacial score (nSPS) is 11.7. The molecule has 0 fully saturated rings. The maximum absolute atomic E-state index is 12.3. The Balaban J connectivity index is 1.54. The van der Waals surface area contributed by atoms with E-state index in [-0.39, 0.29) is 13.2 Å². The average molecular weight is 536 g/mol. The molecule has 0 aliphatic heterocycles. The zero-order valence-corrected chi connectivity index (χ0v) is 18.8. The molecule has 31 heavy (non-hydrogen) atoms. The molecule has 0 aliphatic rings. The maximum atomic E-state index is 12.3. The Morgan fingerprint density at radius 3 is 2.74 bits per heavy atom. The largest absolute Gasteiger partial charge is 0.484 e. The molecule has 3 aromatic rings. The number of aliphatic hydroxyl groups excluding tert-OH is 1. The summed E-state index contributed by atoms with van der Waals surface area (Å²) in [6.07, 6.45) is 0. The van der Waals surface area contributed by atoms with Gasteiger partial charge in [0.1, 0.15) is 17.4 Å². The van der Waals surface area contributed by atoms with Crippen LogP contribution < -0.4 is 21.0 Å². The predicted octanol–water partition coefficient (Wildman–Crippen LogP) is 1.88. The first-order valence-corrected chi connectivity index (χ1v) is 10.5. The number of ether oxygens (including phenoxy) is 1. The first-order valence-electron chi connectivity index (χ1n) is 9.45. The van der Waals surface area contributed by atoms with E-state index in [2.05, 4.69) is 33.2 Å². The Kier molecular flexibility index (Phi) is 7.64. The van der Waals surface area contributed by atoms with E-state index >= 15 is 0 Å². The van der Waals surface area contributed by atoms with E-state index in [4.69, 9.17) is 9.15 Å². The summed E-state index contributed by atoms with van der Waals surface area (Å²) >= 11 is 2.18. The molecule has 0 radical (unpaired) electrons. The summed E-state index contributed by atoms with van der Waals surface area (Å²) in [6, 6.07) is 12.8. The predicted molar refractivity (Wildman–Crippen MR) is 123 cm³/mol. The van der Waals surface area contributed by atoms with Crippen molar-refractivity contribution >= 4 is 45.4 Å². The van der Waals surface area contributed by atoms with E-state index in [0.717, 1.165) is 20.1 Å². The summed E-state index contributed by atoms with van der Waals surface area (Å²) in [5.74, 6) is -0.744. The van der Waals surface area contributed by atoms with Crippen molar-refractivity contribution in [1.82, 2.24) is 10.6 Å². The minimum atomic E-state index is -1.10. The van der Waals surface area contributed by atoms with Gasteiger partial charge >= 0.3 is 5.63 Å². The number of halogens is 1. The molecule has 0 aliphatic carbocycles. The van der Waals surface area contributed by atoms with E-state index in [1.54, 1.807) is 19.1 Å². The second kappa shape index (κ2) is 10.4. The second-order valence-corrected chi connectivity index (χ2v) is 8.09. The first-order chi connectivity index (χ1) is 14.9. The summed E-state index contributed by atoms with van der Waals surface area (Å²) in [5, 5.41) is 15.4. The van der Waals surface area contributed by atoms with Crippen LogP contribution in [0.3, 0.4) is 0 Å². The van der Waals surface area contributed by atoms with Gasteiger partial charge in [0, 0.05) is 27.6 Å². The van der Waals surface area contributed by atoms with Crippen molar-refractivity contribution in [3.05, 3.63) is 73.6 Å².